The number of benzene rings is 1. The molecule has 3 nitrogen and oxygen atoms in total. The molecule has 0 bridgehead atoms. The molecule has 0 aliphatic carbocycles. The first kappa shape index (κ1) is 13.5. The fourth-order valence-electron chi connectivity index (χ4n) is 2.03. The van der Waals surface area contributed by atoms with Crippen LogP contribution in [0.2, 0.25) is 0 Å². The average Bonchev–Trinajstić information content (AvgIpc) is 2.88. The third-order valence-electron chi connectivity index (χ3n) is 2.99. The summed E-state index contributed by atoms with van der Waals surface area (Å²) < 4.78 is 2.27. The summed E-state index contributed by atoms with van der Waals surface area (Å²) in [5, 5.41) is 0.171. The highest BCUT2D eigenvalue weighted by atomic mass is 32.2. The zero-order valence-electron chi connectivity index (χ0n) is 11.1. The van der Waals surface area contributed by atoms with E-state index in [1.165, 1.54) is 4.70 Å². The lowest BCUT2D eigenvalue weighted by molar-refractivity contribution is 0.719. The first-order valence-electron chi connectivity index (χ1n) is 6.42. The van der Waals surface area contributed by atoms with Gasteiger partial charge >= 0.3 is 0 Å². The van der Waals surface area contributed by atoms with E-state index in [1.54, 1.807) is 29.3 Å². The summed E-state index contributed by atoms with van der Waals surface area (Å²) in [5.41, 5.74) is 8.33. The number of thiazole rings is 1. The van der Waals surface area contributed by atoms with Gasteiger partial charge in [-0.25, -0.2) is 4.98 Å². The van der Waals surface area contributed by atoms with E-state index in [1.807, 2.05) is 37.4 Å². The van der Waals surface area contributed by atoms with Crippen LogP contribution in [0.3, 0.4) is 0 Å². The Morgan fingerprint density at radius 1 is 1.20 bits per heavy atom. The third-order valence-corrected chi connectivity index (χ3v) is 5.61. The SMILES string of the molecule is CC(N)C(Sc1nc2ccccc2s1)c1cccnc1. The number of nitrogens with zero attached hydrogens (tertiary/aromatic N) is 2. The van der Waals surface area contributed by atoms with E-state index in [-0.39, 0.29) is 11.3 Å². The monoisotopic (exact) mass is 301 g/mol. The number of nitrogens with two attached hydrogens (primary N) is 1. The van der Waals surface area contributed by atoms with Crippen LogP contribution in [0.4, 0.5) is 0 Å². The molecule has 0 saturated heterocycles. The summed E-state index contributed by atoms with van der Waals surface area (Å²) >= 11 is 3.43. The molecular weight excluding hydrogens is 286 g/mol. The predicted molar refractivity (Wildman–Crippen MR) is 86.1 cm³/mol. The van der Waals surface area contributed by atoms with Gasteiger partial charge in [0.2, 0.25) is 0 Å². The topological polar surface area (TPSA) is 51.8 Å². The summed E-state index contributed by atoms with van der Waals surface area (Å²) in [6, 6.07) is 12.3. The number of aromatic nitrogens is 2. The normalized spacial score (nSPS) is 14.3. The van der Waals surface area contributed by atoms with E-state index >= 15 is 0 Å². The van der Waals surface area contributed by atoms with Crippen LogP contribution in [0.5, 0.6) is 0 Å². The van der Waals surface area contributed by atoms with Crippen molar-refractivity contribution in [3.63, 3.8) is 0 Å². The average molecular weight is 301 g/mol. The molecule has 1 aromatic carbocycles. The van der Waals surface area contributed by atoms with Gasteiger partial charge < -0.3 is 5.73 Å². The van der Waals surface area contributed by atoms with Crippen LogP contribution in [-0.2, 0) is 0 Å². The second kappa shape index (κ2) is 5.91. The largest absolute Gasteiger partial charge is 0.327 e. The van der Waals surface area contributed by atoms with E-state index in [9.17, 15) is 0 Å². The molecule has 5 heteroatoms. The number of hydrogen-bond donors (Lipinski definition) is 1. The molecule has 0 fully saturated rings. The molecule has 2 atom stereocenters. The molecule has 0 aliphatic rings. The molecule has 0 radical (unpaired) electrons. The van der Waals surface area contributed by atoms with Crippen LogP contribution in [0, 0.1) is 0 Å². The van der Waals surface area contributed by atoms with Gasteiger partial charge in [0.1, 0.15) is 0 Å². The van der Waals surface area contributed by atoms with Gasteiger partial charge in [0.15, 0.2) is 4.34 Å². The third kappa shape index (κ3) is 2.85. The molecule has 2 aromatic heterocycles. The molecule has 3 aromatic rings. The molecule has 102 valence electrons. The van der Waals surface area contributed by atoms with Crippen LogP contribution >= 0.6 is 23.1 Å². The van der Waals surface area contributed by atoms with E-state index in [2.05, 4.69) is 22.1 Å². The second-order valence-corrected chi connectivity index (χ2v) is 7.05. The minimum Gasteiger partial charge on any atom is -0.327 e. The molecule has 2 heterocycles. The van der Waals surface area contributed by atoms with Crippen molar-refractivity contribution >= 4 is 33.3 Å². The van der Waals surface area contributed by atoms with Crippen LogP contribution in [0.15, 0.2) is 53.1 Å². The number of hydrogen-bond acceptors (Lipinski definition) is 5. The van der Waals surface area contributed by atoms with Gasteiger partial charge in [-0.2, -0.15) is 0 Å². The summed E-state index contributed by atoms with van der Waals surface area (Å²) in [6.45, 7) is 2.03. The fraction of sp³-hybridized carbons (Fsp3) is 0.200. The Labute approximate surface area is 126 Å². The van der Waals surface area contributed by atoms with Crippen LogP contribution in [0.1, 0.15) is 17.7 Å². The van der Waals surface area contributed by atoms with Crippen molar-refractivity contribution in [3.8, 4) is 0 Å². The number of fused-ring (bicyclic) bond motifs is 1. The quantitative estimate of drug-likeness (QED) is 0.743. The molecule has 0 amide bonds. The molecule has 2 unspecified atom stereocenters. The highest BCUT2D eigenvalue weighted by molar-refractivity contribution is 8.01. The standard InChI is InChI=1S/C15H15N3S2/c1-10(16)14(11-5-4-8-17-9-11)20-15-18-12-6-2-3-7-13(12)19-15/h2-10,14H,16H2,1H3. The summed E-state index contributed by atoms with van der Waals surface area (Å²) in [7, 11) is 0. The minimum atomic E-state index is 0.0382. The number of para-hydroxylation sites is 1. The van der Waals surface area contributed by atoms with E-state index in [0.717, 1.165) is 15.4 Å². The number of thioether (sulfide) groups is 1. The van der Waals surface area contributed by atoms with Gasteiger partial charge in [-0.1, -0.05) is 30.0 Å². The van der Waals surface area contributed by atoms with E-state index in [0.29, 0.717) is 0 Å². The van der Waals surface area contributed by atoms with Gasteiger partial charge in [0.25, 0.3) is 0 Å². The molecule has 2 N–H and O–H groups in total. The summed E-state index contributed by atoms with van der Waals surface area (Å²) in [6.07, 6.45) is 3.67. The van der Waals surface area contributed by atoms with Crippen molar-refractivity contribution in [1.29, 1.82) is 0 Å². The minimum absolute atomic E-state index is 0.0382. The maximum atomic E-state index is 6.14. The second-order valence-electron chi connectivity index (χ2n) is 4.63. The van der Waals surface area contributed by atoms with Gasteiger partial charge in [-0.3, -0.25) is 4.98 Å². The lowest BCUT2D eigenvalue weighted by Gasteiger charge is -2.18. The first-order chi connectivity index (χ1) is 9.74. The predicted octanol–water partition coefficient (Wildman–Crippen LogP) is 3.87. The van der Waals surface area contributed by atoms with Crippen molar-refractivity contribution in [1.82, 2.24) is 9.97 Å². The highest BCUT2D eigenvalue weighted by Gasteiger charge is 2.19. The maximum Gasteiger partial charge on any atom is 0.151 e. The number of pyridine rings is 1. The Bertz CT molecular complexity index is 661. The van der Waals surface area contributed by atoms with E-state index < -0.39 is 0 Å². The maximum absolute atomic E-state index is 6.14. The Kier molecular flexibility index (Phi) is 4.00. The Hall–Kier alpha value is -1.43. The Balaban J connectivity index is 1.90. The fourth-order valence-corrected chi connectivity index (χ4v) is 4.36. The van der Waals surface area contributed by atoms with Crippen molar-refractivity contribution < 1.29 is 0 Å². The van der Waals surface area contributed by atoms with Crippen molar-refractivity contribution in [2.75, 3.05) is 0 Å². The lowest BCUT2D eigenvalue weighted by atomic mass is 10.1. The van der Waals surface area contributed by atoms with Gasteiger partial charge in [0.05, 0.1) is 15.5 Å². The van der Waals surface area contributed by atoms with Gasteiger partial charge in [-0.05, 0) is 30.7 Å². The Morgan fingerprint density at radius 2 is 2.05 bits per heavy atom. The summed E-state index contributed by atoms with van der Waals surface area (Å²) in [5.74, 6) is 0. The lowest BCUT2D eigenvalue weighted by Crippen LogP contribution is -2.22. The van der Waals surface area contributed by atoms with Crippen molar-refractivity contribution in [2.24, 2.45) is 5.73 Å². The van der Waals surface area contributed by atoms with Gasteiger partial charge in [0, 0.05) is 18.4 Å². The molecule has 0 spiro atoms. The zero-order valence-corrected chi connectivity index (χ0v) is 12.7. The van der Waals surface area contributed by atoms with Crippen LogP contribution in [0.25, 0.3) is 10.2 Å². The molecule has 20 heavy (non-hydrogen) atoms. The molecule has 0 saturated carbocycles. The first-order valence-corrected chi connectivity index (χ1v) is 8.11. The summed E-state index contributed by atoms with van der Waals surface area (Å²) in [4.78, 5) is 8.85. The molecule has 0 aliphatic heterocycles. The molecular formula is C15H15N3S2. The van der Waals surface area contributed by atoms with Gasteiger partial charge in [-0.15, -0.1) is 11.3 Å². The van der Waals surface area contributed by atoms with E-state index in [4.69, 9.17) is 5.73 Å². The zero-order chi connectivity index (χ0) is 13.9. The van der Waals surface area contributed by atoms with Crippen molar-refractivity contribution in [3.05, 3.63) is 54.4 Å². The molecule has 3 rings (SSSR count). The highest BCUT2D eigenvalue weighted by Crippen LogP contribution is 2.40. The Morgan fingerprint density at radius 3 is 2.75 bits per heavy atom. The van der Waals surface area contributed by atoms with Crippen LogP contribution in [-0.4, -0.2) is 16.0 Å². The number of rotatable bonds is 4. The van der Waals surface area contributed by atoms with Crippen molar-refractivity contribution in [2.45, 2.75) is 22.6 Å². The van der Waals surface area contributed by atoms with Crippen LogP contribution < -0.4 is 5.73 Å². The smallest absolute Gasteiger partial charge is 0.151 e.